The average molecular weight is 421 g/mol. The minimum absolute atomic E-state index is 0.147. The molecule has 0 unspecified atom stereocenters. The van der Waals surface area contributed by atoms with Gasteiger partial charge in [-0.15, -0.1) is 0 Å². The third-order valence-electron chi connectivity index (χ3n) is 5.78. The predicted octanol–water partition coefficient (Wildman–Crippen LogP) is 2.49. The van der Waals surface area contributed by atoms with Crippen molar-refractivity contribution >= 4 is 11.7 Å². The molecule has 0 bridgehead atoms. The van der Waals surface area contributed by atoms with Gasteiger partial charge >= 0.3 is 0 Å². The van der Waals surface area contributed by atoms with Gasteiger partial charge in [-0.2, -0.15) is 0 Å². The summed E-state index contributed by atoms with van der Waals surface area (Å²) in [5, 5.41) is 0. The largest absolute Gasteiger partial charge is 0.497 e. The summed E-state index contributed by atoms with van der Waals surface area (Å²) >= 11 is 0. The molecule has 3 heterocycles. The molecule has 2 aromatic heterocycles. The van der Waals surface area contributed by atoms with E-state index in [4.69, 9.17) is 4.74 Å². The van der Waals surface area contributed by atoms with E-state index in [9.17, 15) is 4.79 Å². The van der Waals surface area contributed by atoms with Crippen molar-refractivity contribution in [1.82, 2.24) is 24.4 Å². The van der Waals surface area contributed by atoms with Crippen LogP contribution in [-0.4, -0.2) is 63.6 Å². The lowest BCUT2D eigenvalue weighted by Gasteiger charge is -2.35. The molecule has 31 heavy (non-hydrogen) atoms. The Kier molecular flexibility index (Phi) is 5.88. The van der Waals surface area contributed by atoms with Crippen molar-refractivity contribution in [2.45, 2.75) is 27.2 Å². The number of anilines is 1. The van der Waals surface area contributed by atoms with Gasteiger partial charge in [0.15, 0.2) is 0 Å². The number of rotatable bonds is 5. The number of carbonyl (C=O) groups is 1. The fourth-order valence-electron chi connectivity index (χ4n) is 3.77. The van der Waals surface area contributed by atoms with E-state index < -0.39 is 0 Å². The number of hydrogen-bond donors (Lipinski definition) is 0. The number of ether oxygens (including phenoxy) is 1. The van der Waals surface area contributed by atoms with Gasteiger partial charge in [0.1, 0.15) is 29.5 Å². The maximum atomic E-state index is 12.7. The highest BCUT2D eigenvalue weighted by Crippen LogP contribution is 2.20. The second-order valence-electron chi connectivity index (χ2n) is 7.81. The molecule has 1 amide bonds. The first-order chi connectivity index (χ1) is 14.9. The van der Waals surface area contributed by atoms with Gasteiger partial charge in [0, 0.05) is 37.9 Å². The van der Waals surface area contributed by atoms with Gasteiger partial charge in [-0.05, 0) is 38.5 Å². The number of imidazole rings is 1. The molecule has 0 atom stereocenters. The molecule has 162 valence electrons. The number of amides is 1. The Bertz CT molecular complexity index is 1070. The summed E-state index contributed by atoms with van der Waals surface area (Å²) in [7, 11) is 1.64. The van der Waals surface area contributed by atoms with Crippen molar-refractivity contribution in [3.8, 4) is 11.6 Å². The van der Waals surface area contributed by atoms with E-state index >= 15 is 0 Å². The Morgan fingerprint density at radius 1 is 1.00 bits per heavy atom. The molecule has 1 aromatic carbocycles. The number of piperazine rings is 1. The molecule has 1 saturated heterocycles. The van der Waals surface area contributed by atoms with E-state index in [1.165, 1.54) is 0 Å². The molecule has 0 spiro atoms. The highest BCUT2D eigenvalue weighted by molar-refractivity contribution is 5.79. The lowest BCUT2D eigenvalue weighted by molar-refractivity contribution is -0.130. The van der Waals surface area contributed by atoms with E-state index in [0.717, 1.165) is 53.3 Å². The van der Waals surface area contributed by atoms with Crippen molar-refractivity contribution in [2.24, 2.45) is 0 Å². The Balaban J connectivity index is 1.41. The predicted molar refractivity (Wildman–Crippen MR) is 119 cm³/mol. The van der Waals surface area contributed by atoms with Crippen LogP contribution in [0.25, 0.3) is 5.82 Å². The third-order valence-corrected chi connectivity index (χ3v) is 5.78. The summed E-state index contributed by atoms with van der Waals surface area (Å²) in [4.78, 5) is 30.5. The normalized spacial score (nSPS) is 14.1. The van der Waals surface area contributed by atoms with Gasteiger partial charge in [0.2, 0.25) is 5.91 Å². The number of benzene rings is 1. The Hall–Kier alpha value is -3.42. The second-order valence-corrected chi connectivity index (χ2v) is 7.81. The van der Waals surface area contributed by atoms with Gasteiger partial charge in [-0.25, -0.2) is 15.0 Å². The van der Waals surface area contributed by atoms with Gasteiger partial charge in [-0.3, -0.25) is 9.36 Å². The molecule has 0 radical (unpaired) electrons. The minimum Gasteiger partial charge on any atom is -0.497 e. The molecule has 4 rings (SSSR count). The summed E-state index contributed by atoms with van der Waals surface area (Å²) in [5.41, 5.74) is 3.05. The quantitative estimate of drug-likeness (QED) is 0.631. The first kappa shape index (κ1) is 20.8. The summed E-state index contributed by atoms with van der Waals surface area (Å²) in [6.45, 7) is 8.77. The van der Waals surface area contributed by atoms with Crippen LogP contribution in [0, 0.1) is 20.8 Å². The number of nitrogens with zero attached hydrogens (tertiary/aromatic N) is 6. The van der Waals surface area contributed by atoms with Crippen molar-refractivity contribution in [3.05, 3.63) is 59.4 Å². The number of methoxy groups -OCH3 is 1. The average Bonchev–Trinajstić information content (AvgIpc) is 3.12. The Labute approximate surface area is 182 Å². The van der Waals surface area contributed by atoms with Crippen LogP contribution < -0.4 is 9.64 Å². The van der Waals surface area contributed by atoms with Crippen LogP contribution in [0.1, 0.15) is 22.8 Å². The maximum absolute atomic E-state index is 12.7. The van der Waals surface area contributed by atoms with Gasteiger partial charge < -0.3 is 14.5 Å². The van der Waals surface area contributed by atoms with E-state index in [1.54, 1.807) is 13.4 Å². The minimum atomic E-state index is 0.147. The SMILES string of the molecule is COc1ccc(CC(=O)N2CCN(c3cc(-n4cnc(C)c4C)nc(C)n3)CC2)cc1. The smallest absolute Gasteiger partial charge is 0.227 e. The van der Waals surface area contributed by atoms with E-state index in [-0.39, 0.29) is 5.91 Å². The van der Waals surface area contributed by atoms with E-state index in [0.29, 0.717) is 19.5 Å². The molecule has 1 aliphatic rings. The van der Waals surface area contributed by atoms with Crippen LogP contribution in [0.4, 0.5) is 5.82 Å². The van der Waals surface area contributed by atoms with Crippen LogP contribution >= 0.6 is 0 Å². The molecule has 8 nitrogen and oxygen atoms in total. The van der Waals surface area contributed by atoms with E-state index in [1.807, 2.05) is 60.6 Å². The van der Waals surface area contributed by atoms with Crippen LogP contribution in [0.2, 0.25) is 0 Å². The number of hydrogen-bond acceptors (Lipinski definition) is 6. The maximum Gasteiger partial charge on any atom is 0.227 e. The molecule has 1 fully saturated rings. The van der Waals surface area contributed by atoms with Gasteiger partial charge in [-0.1, -0.05) is 12.1 Å². The molecular weight excluding hydrogens is 392 g/mol. The lowest BCUT2D eigenvalue weighted by atomic mass is 10.1. The molecule has 1 aliphatic heterocycles. The van der Waals surface area contributed by atoms with Gasteiger partial charge in [0.25, 0.3) is 0 Å². The highest BCUT2D eigenvalue weighted by atomic mass is 16.5. The Morgan fingerprint density at radius 3 is 2.29 bits per heavy atom. The van der Waals surface area contributed by atoms with E-state index in [2.05, 4.69) is 19.9 Å². The van der Waals surface area contributed by atoms with Crippen molar-refractivity contribution in [1.29, 1.82) is 0 Å². The number of carbonyl (C=O) groups excluding carboxylic acids is 1. The van der Waals surface area contributed by atoms with Gasteiger partial charge in [0.05, 0.1) is 19.2 Å². The molecule has 8 heteroatoms. The summed E-state index contributed by atoms with van der Waals surface area (Å²) in [5.74, 6) is 3.37. The fourth-order valence-corrected chi connectivity index (χ4v) is 3.77. The zero-order valence-corrected chi connectivity index (χ0v) is 18.5. The monoisotopic (exact) mass is 420 g/mol. The fraction of sp³-hybridized carbons (Fsp3) is 0.391. The molecule has 0 N–H and O–H groups in total. The second kappa shape index (κ2) is 8.75. The van der Waals surface area contributed by atoms with Crippen LogP contribution in [0.3, 0.4) is 0 Å². The number of aromatic nitrogens is 4. The Morgan fingerprint density at radius 2 is 1.68 bits per heavy atom. The summed E-state index contributed by atoms with van der Waals surface area (Å²) < 4.78 is 7.17. The molecule has 0 aliphatic carbocycles. The standard InChI is InChI=1S/C23H28N6O2/c1-16-17(2)29(15-24-16)22-14-21(25-18(3)26-22)27-9-11-28(12-10-27)23(30)13-19-5-7-20(31-4)8-6-19/h5-8,14-15H,9-13H2,1-4H3. The molecule has 0 saturated carbocycles. The highest BCUT2D eigenvalue weighted by Gasteiger charge is 2.23. The zero-order valence-electron chi connectivity index (χ0n) is 18.5. The summed E-state index contributed by atoms with van der Waals surface area (Å²) in [6.07, 6.45) is 2.20. The summed E-state index contributed by atoms with van der Waals surface area (Å²) in [6, 6.07) is 9.66. The van der Waals surface area contributed by atoms with Crippen LogP contribution in [-0.2, 0) is 11.2 Å². The zero-order chi connectivity index (χ0) is 22.0. The van der Waals surface area contributed by atoms with Crippen molar-refractivity contribution in [2.75, 3.05) is 38.2 Å². The molecule has 3 aromatic rings. The first-order valence-corrected chi connectivity index (χ1v) is 10.5. The van der Waals surface area contributed by atoms with Crippen LogP contribution in [0.5, 0.6) is 5.75 Å². The van der Waals surface area contributed by atoms with Crippen molar-refractivity contribution < 1.29 is 9.53 Å². The first-order valence-electron chi connectivity index (χ1n) is 10.5. The number of aryl methyl sites for hydroxylation is 2. The molecular formula is C23H28N6O2. The lowest BCUT2D eigenvalue weighted by Crippen LogP contribution is -2.49. The van der Waals surface area contributed by atoms with Crippen LogP contribution in [0.15, 0.2) is 36.7 Å². The third kappa shape index (κ3) is 4.52. The topological polar surface area (TPSA) is 76.4 Å². The van der Waals surface area contributed by atoms with Crippen molar-refractivity contribution in [3.63, 3.8) is 0 Å².